The minimum Gasteiger partial charge on any atom is -0.205 e. The number of nitriles is 1. The van der Waals surface area contributed by atoms with Gasteiger partial charge in [-0.2, -0.15) is 10.4 Å². The molecule has 0 saturated carbocycles. The zero-order valence-electron chi connectivity index (χ0n) is 3.05. The van der Waals surface area contributed by atoms with Crippen molar-refractivity contribution in [1.82, 2.24) is 0 Å². The summed E-state index contributed by atoms with van der Waals surface area (Å²) >= 11 is 0. The van der Waals surface area contributed by atoms with Crippen LogP contribution in [0.4, 0.5) is 0 Å². The lowest BCUT2D eigenvalue weighted by Gasteiger charge is -1.54. The van der Waals surface area contributed by atoms with Crippen LogP contribution in [0, 0.1) is 16.9 Å². The van der Waals surface area contributed by atoms with Crippen LogP contribution in [-0.4, -0.2) is 0 Å². The highest BCUT2D eigenvalue weighted by Crippen LogP contribution is 1.65. The molecule has 6 heavy (non-hydrogen) atoms. The molecule has 0 radical (unpaired) electrons. The first-order chi connectivity index (χ1) is 2.91. The lowest BCUT2D eigenvalue weighted by molar-refractivity contribution is 1.14. The summed E-state index contributed by atoms with van der Waals surface area (Å²) in [4.78, 5) is 0. The van der Waals surface area contributed by atoms with E-state index in [1.54, 1.807) is 6.07 Å². The van der Waals surface area contributed by atoms with E-state index in [4.69, 9.17) is 10.8 Å². The first kappa shape index (κ1) is 4.83. The van der Waals surface area contributed by atoms with Crippen molar-refractivity contribution in [2.75, 3.05) is 0 Å². The third-order valence-electron chi connectivity index (χ3n) is 0.224. The van der Waals surface area contributed by atoms with Gasteiger partial charge in [-0.15, -0.1) is 0 Å². The quantitative estimate of drug-likeness (QED) is 0.372. The zero-order valence-corrected chi connectivity index (χ0v) is 3.05. The summed E-state index contributed by atoms with van der Waals surface area (Å²) < 4.78 is 0. The molecular weight excluding hydrogens is 78.1 g/mol. The highest BCUT2D eigenvalue weighted by Gasteiger charge is 1.52. The molecule has 0 rings (SSSR count). The average Bonchev–Trinajstić information content (AvgIpc) is 1.61. The molecule has 0 amide bonds. The van der Waals surface area contributed by atoms with Gasteiger partial charge >= 0.3 is 0 Å². The van der Waals surface area contributed by atoms with Gasteiger partial charge < -0.3 is 0 Å². The normalized spacial score (nSPS) is 7.83. The molecule has 0 unspecified atom stereocenters. The molecule has 0 aromatic heterocycles. The molecule has 0 spiro atoms. The molecular formula is C3H3N3. The summed E-state index contributed by atoms with van der Waals surface area (Å²) in [6.45, 7) is 0. The lowest BCUT2D eigenvalue weighted by Crippen LogP contribution is -1.39. The molecule has 3 heteroatoms. The maximum atomic E-state index is 7.72. The van der Waals surface area contributed by atoms with Gasteiger partial charge in [0.25, 0.3) is 0 Å². The monoisotopic (exact) mass is 81.0 g/mol. The minimum absolute atomic E-state index is 1.11. The third-order valence-corrected chi connectivity index (χ3v) is 0.224. The Morgan fingerprint density at radius 2 is 2.50 bits per heavy atom. The molecule has 0 aromatic carbocycles. The summed E-state index contributed by atoms with van der Waals surface area (Å²) in [6, 6.07) is 1.67. The minimum atomic E-state index is 1.11. The Bertz CT molecular complexity index is 97.1. The van der Waals surface area contributed by atoms with Crippen LogP contribution in [0.25, 0.3) is 0 Å². The molecule has 0 aliphatic rings. The summed E-state index contributed by atoms with van der Waals surface area (Å²) in [7, 11) is 0. The van der Waals surface area contributed by atoms with Crippen molar-refractivity contribution in [3.63, 3.8) is 0 Å². The number of hydrogen-bond donors (Lipinski definition) is 1. The van der Waals surface area contributed by atoms with Gasteiger partial charge in [0, 0.05) is 6.08 Å². The van der Waals surface area contributed by atoms with Crippen molar-refractivity contribution in [2.45, 2.75) is 0 Å². The van der Waals surface area contributed by atoms with Crippen LogP contribution in [0.15, 0.2) is 17.4 Å². The highest BCUT2D eigenvalue weighted by atomic mass is 14.9. The van der Waals surface area contributed by atoms with E-state index in [1.165, 1.54) is 0 Å². The van der Waals surface area contributed by atoms with Crippen LogP contribution in [0.2, 0.25) is 0 Å². The first-order valence-electron chi connectivity index (χ1n) is 1.33. The molecule has 0 bridgehead atoms. The van der Waals surface area contributed by atoms with Crippen LogP contribution in [0.3, 0.4) is 0 Å². The van der Waals surface area contributed by atoms with Gasteiger partial charge in [0.05, 0.1) is 12.3 Å². The van der Waals surface area contributed by atoms with E-state index in [2.05, 4.69) is 5.11 Å². The van der Waals surface area contributed by atoms with E-state index < -0.39 is 0 Å². The summed E-state index contributed by atoms with van der Waals surface area (Å²) in [6.07, 6.45) is 2.24. The van der Waals surface area contributed by atoms with Crippen LogP contribution in [-0.2, 0) is 0 Å². The van der Waals surface area contributed by atoms with Crippen molar-refractivity contribution in [3.05, 3.63) is 12.3 Å². The van der Waals surface area contributed by atoms with Gasteiger partial charge in [0.1, 0.15) is 0 Å². The van der Waals surface area contributed by atoms with E-state index >= 15 is 0 Å². The molecule has 0 heterocycles. The van der Waals surface area contributed by atoms with Gasteiger partial charge in [0.15, 0.2) is 0 Å². The van der Waals surface area contributed by atoms with Crippen molar-refractivity contribution in [1.29, 1.82) is 10.8 Å². The van der Waals surface area contributed by atoms with Crippen LogP contribution >= 0.6 is 0 Å². The second-order valence-electron chi connectivity index (χ2n) is 0.574. The largest absolute Gasteiger partial charge is 0.205 e. The molecule has 0 aromatic rings. The lowest BCUT2D eigenvalue weighted by atomic mass is 10.7. The van der Waals surface area contributed by atoms with Crippen LogP contribution in [0.5, 0.6) is 0 Å². The smallest absolute Gasteiger partial charge is 0.0928 e. The third kappa shape index (κ3) is 2.83. The van der Waals surface area contributed by atoms with E-state index in [9.17, 15) is 0 Å². The van der Waals surface area contributed by atoms with Gasteiger partial charge in [-0.25, -0.2) is 5.53 Å². The Kier molecular flexibility index (Phi) is 3.08. The fourth-order valence-corrected chi connectivity index (χ4v) is 0.0706. The molecule has 0 aliphatic carbocycles. The van der Waals surface area contributed by atoms with E-state index in [1.807, 2.05) is 0 Å². The first-order valence-corrected chi connectivity index (χ1v) is 1.33. The Morgan fingerprint density at radius 3 is 2.67 bits per heavy atom. The molecule has 0 fully saturated rings. The van der Waals surface area contributed by atoms with E-state index in [-0.39, 0.29) is 0 Å². The number of hydrogen-bond acceptors (Lipinski definition) is 3. The number of nitrogens with zero attached hydrogens (tertiary/aromatic N) is 2. The van der Waals surface area contributed by atoms with Crippen molar-refractivity contribution in [2.24, 2.45) is 5.11 Å². The van der Waals surface area contributed by atoms with Crippen LogP contribution < -0.4 is 0 Å². The van der Waals surface area contributed by atoms with Crippen molar-refractivity contribution < 1.29 is 0 Å². The highest BCUT2D eigenvalue weighted by molar-refractivity contribution is 4.99. The second-order valence-corrected chi connectivity index (χ2v) is 0.574. The Balaban J connectivity index is 3.26. The Morgan fingerprint density at radius 1 is 1.83 bits per heavy atom. The fraction of sp³-hybridized carbons (Fsp3) is 0. The Hall–Kier alpha value is -1.17. The van der Waals surface area contributed by atoms with Gasteiger partial charge in [-0.05, 0) is 0 Å². The van der Waals surface area contributed by atoms with Crippen molar-refractivity contribution in [3.8, 4) is 6.07 Å². The standard InChI is InChI=1S/C3H3N3/c4-2-1-3-6-5/h1,3,5H. The summed E-state index contributed by atoms with van der Waals surface area (Å²) in [5.41, 5.74) is 6.09. The topological polar surface area (TPSA) is 60.0 Å². The fourth-order valence-electron chi connectivity index (χ4n) is 0.0706. The Labute approximate surface area is 35.4 Å². The maximum Gasteiger partial charge on any atom is 0.0928 e. The molecule has 0 aliphatic heterocycles. The molecule has 0 saturated heterocycles. The molecule has 30 valence electrons. The summed E-state index contributed by atoms with van der Waals surface area (Å²) in [5.74, 6) is 0. The molecule has 0 atom stereocenters. The second kappa shape index (κ2) is 3.83. The van der Waals surface area contributed by atoms with E-state index in [0.29, 0.717) is 0 Å². The summed E-state index contributed by atoms with van der Waals surface area (Å²) in [5, 5.41) is 10.5. The molecule has 1 N–H and O–H groups in total. The van der Waals surface area contributed by atoms with Crippen molar-refractivity contribution >= 4 is 0 Å². The zero-order chi connectivity index (χ0) is 4.83. The van der Waals surface area contributed by atoms with E-state index in [0.717, 1.165) is 12.3 Å². The molecule has 3 nitrogen and oxygen atoms in total. The SMILES string of the molecule is N#CC=CN=N. The van der Waals surface area contributed by atoms with Crippen LogP contribution in [0.1, 0.15) is 0 Å². The van der Waals surface area contributed by atoms with Gasteiger partial charge in [0.2, 0.25) is 0 Å². The average molecular weight is 81.1 g/mol. The predicted molar refractivity (Wildman–Crippen MR) is 19.9 cm³/mol. The number of rotatable bonds is 1. The number of allylic oxidation sites excluding steroid dienone is 1. The maximum absolute atomic E-state index is 7.72. The number of nitrogens with one attached hydrogen (secondary N) is 1. The predicted octanol–water partition coefficient (Wildman–Crippen LogP) is 1.05. The van der Waals surface area contributed by atoms with Gasteiger partial charge in [-0.3, -0.25) is 0 Å². The van der Waals surface area contributed by atoms with Gasteiger partial charge in [-0.1, -0.05) is 0 Å².